The van der Waals surface area contributed by atoms with E-state index in [9.17, 15) is 13.5 Å². The van der Waals surface area contributed by atoms with Gasteiger partial charge in [0, 0.05) is 12.6 Å². The Bertz CT molecular complexity index is 556. The quantitative estimate of drug-likeness (QED) is 0.894. The molecule has 19 heavy (non-hydrogen) atoms. The first-order chi connectivity index (χ1) is 8.91. The van der Waals surface area contributed by atoms with Crippen molar-refractivity contribution < 1.29 is 18.3 Å². The zero-order chi connectivity index (χ0) is 14.0. The van der Waals surface area contributed by atoms with Gasteiger partial charge in [-0.2, -0.15) is 0 Å². The first kappa shape index (κ1) is 14.1. The maximum Gasteiger partial charge on any atom is 0.160 e. The molecule has 1 atom stereocenters. The van der Waals surface area contributed by atoms with Crippen molar-refractivity contribution in [3.63, 3.8) is 0 Å². The SMILES string of the molecule is COc1ccc(CN(C)C2CCS(=O)(=O)C2)cc1O. The van der Waals surface area contributed by atoms with Crippen LogP contribution in [-0.4, -0.2) is 50.1 Å². The fourth-order valence-electron chi connectivity index (χ4n) is 2.37. The number of sulfone groups is 1. The normalized spacial score (nSPS) is 21.7. The molecule has 0 amide bonds. The van der Waals surface area contributed by atoms with Crippen LogP contribution < -0.4 is 4.74 Å². The molecule has 0 bridgehead atoms. The zero-order valence-electron chi connectivity index (χ0n) is 11.2. The summed E-state index contributed by atoms with van der Waals surface area (Å²) in [5.74, 6) is 1.05. The molecule has 0 saturated carbocycles. The van der Waals surface area contributed by atoms with Gasteiger partial charge >= 0.3 is 0 Å². The van der Waals surface area contributed by atoms with Gasteiger partial charge in [-0.1, -0.05) is 6.07 Å². The number of hydrogen-bond donors (Lipinski definition) is 1. The molecule has 106 valence electrons. The summed E-state index contributed by atoms with van der Waals surface area (Å²) in [7, 11) is 0.551. The molecule has 2 rings (SSSR count). The Labute approximate surface area is 113 Å². The van der Waals surface area contributed by atoms with Crippen LogP contribution >= 0.6 is 0 Å². The third kappa shape index (κ3) is 3.39. The lowest BCUT2D eigenvalue weighted by Crippen LogP contribution is -2.32. The van der Waals surface area contributed by atoms with Crippen molar-refractivity contribution in [3.8, 4) is 11.5 Å². The van der Waals surface area contributed by atoms with Gasteiger partial charge < -0.3 is 9.84 Å². The maximum absolute atomic E-state index is 11.5. The minimum Gasteiger partial charge on any atom is -0.504 e. The second kappa shape index (κ2) is 5.38. The van der Waals surface area contributed by atoms with Crippen LogP contribution in [0.1, 0.15) is 12.0 Å². The molecule has 1 aromatic carbocycles. The van der Waals surface area contributed by atoms with Crippen LogP contribution in [0, 0.1) is 0 Å². The van der Waals surface area contributed by atoms with Gasteiger partial charge in [0.1, 0.15) is 0 Å². The van der Waals surface area contributed by atoms with Crippen molar-refractivity contribution in [2.75, 3.05) is 25.7 Å². The third-order valence-corrected chi connectivity index (χ3v) is 5.26. The number of methoxy groups -OCH3 is 1. The van der Waals surface area contributed by atoms with Crippen LogP contribution in [0.2, 0.25) is 0 Å². The van der Waals surface area contributed by atoms with E-state index in [-0.39, 0.29) is 23.3 Å². The highest BCUT2D eigenvalue weighted by Crippen LogP contribution is 2.27. The zero-order valence-corrected chi connectivity index (χ0v) is 12.0. The first-order valence-electron chi connectivity index (χ1n) is 6.18. The minimum absolute atomic E-state index is 0.0641. The van der Waals surface area contributed by atoms with E-state index in [0.717, 1.165) is 5.56 Å². The second-order valence-electron chi connectivity index (χ2n) is 4.98. The second-order valence-corrected chi connectivity index (χ2v) is 7.21. The summed E-state index contributed by atoms with van der Waals surface area (Å²) < 4.78 is 27.9. The number of phenolic OH excluding ortho intramolecular Hbond substituents is 1. The van der Waals surface area contributed by atoms with Gasteiger partial charge in [0.25, 0.3) is 0 Å². The van der Waals surface area contributed by atoms with Crippen LogP contribution in [0.3, 0.4) is 0 Å². The van der Waals surface area contributed by atoms with E-state index in [4.69, 9.17) is 4.74 Å². The molecule has 1 heterocycles. The minimum atomic E-state index is -2.86. The summed E-state index contributed by atoms with van der Waals surface area (Å²) in [5.41, 5.74) is 0.935. The highest BCUT2D eigenvalue weighted by Gasteiger charge is 2.30. The van der Waals surface area contributed by atoms with Gasteiger partial charge in [-0.25, -0.2) is 8.42 Å². The first-order valence-corrected chi connectivity index (χ1v) is 8.00. The summed E-state index contributed by atoms with van der Waals surface area (Å²) in [4.78, 5) is 2.02. The Balaban J connectivity index is 2.03. The van der Waals surface area contributed by atoms with Gasteiger partial charge in [-0.15, -0.1) is 0 Å². The van der Waals surface area contributed by atoms with Crippen LogP contribution in [0.15, 0.2) is 18.2 Å². The molecule has 1 N–H and O–H groups in total. The Hall–Kier alpha value is -1.27. The lowest BCUT2D eigenvalue weighted by atomic mass is 10.1. The standard InChI is InChI=1S/C13H19NO4S/c1-14(11-5-6-19(16,17)9-11)8-10-3-4-13(18-2)12(15)7-10/h3-4,7,11,15H,5-6,8-9H2,1-2H3. The van der Waals surface area contributed by atoms with Crippen LogP contribution in [-0.2, 0) is 16.4 Å². The van der Waals surface area contributed by atoms with E-state index in [1.54, 1.807) is 12.1 Å². The summed E-state index contributed by atoms with van der Waals surface area (Å²) in [6, 6.07) is 5.30. The van der Waals surface area contributed by atoms with Crippen molar-refractivity contribution in [2.24, 2.45) is 0 Å². The van der Waals surface area contributed by atoms with Gasteiger partial charge in [0.15, 0.2) is 21.3 Å². The Kier molecular flexibility index (Phi) is 4.01. The van der Waals surface area contributed by atoms with Crippen molar-refractivity contribution >= 4 is 9.84 Å². The summed E-state index contributed by atoms with van der Waals surface area (Å²) in [6.45, 7) is 0.609. The molecule has 1 aliphatic heterocycles. The van der Waals surface area contributed by atoms with E-state index >= 15 is 0 Å². The molecule has 0 spiro atoms. The van der Waals surface area contributed by atoms with Crippen LogP contribution in [0.4, 0.5) is 0 Å². The summed E-state index contributed by atoms with van der Waals surface area (Å²) in [5, 5.41) is 9.71. The predicted octanol–water partition coefficient (Wildman–Crippen LogP) is 1.02. The summed E-state index contributed by atoms with van der Waals surface area (Å²) >= 11 is 0. The molecule has 5 nitrogen and oxygen atoms in total. The number of ether oxygens (including phenoxy) is 1. The number of nitrogens with zero attached hydrogens (tertiary/aromatic N) is 1. The van der Waals surface area contributed by atoms with E-state index in [0.29, 0.717) is 18.7 Å². The number of phenols is 1. The predicted molar refractivity (Wildman–Crippen MR) is 73.2 cm³/mol. The average molecular weight is 285 g/mol. The Morgan fingerprint density at radius 2 is 2.21 bits per heavy atom. The molecule has 1 aromatic rings. The monoisotopic (exact) mass is 285 g/mol. The van der Waals surface area contributed by atoms with Gasteiger partial charge in [0.05, 0.1) is 18.6 Å². The molecule has 6 heteroatoms. The molecule has 1 saturated heterocycles. The fourth-order valence-corrected chi connectivity index (χ4v) is 4.18. The highest BCUT2D eigenvalue weighted by atomic mass is 32.2. The molecule has 1 unspecified atom stereocenters. The molecule has 0 radical (unpaired) electrons. The van der Waals surface area contributed by atoms with Gasteiger partial charge in [-0.3, -0.25) is 4.90 Å². The molecular weight excluding hydrogens is 266 g/mol. The number of rotatable bonds is 4. The highest BCUT2D eigenvalue weighted by molar-refractivity contribution is 7.91. The fraction of sp³-hybridized carbons (Fsp3) is 0.538. The number of hydrogen-bond acceptors (Lipinski definition) is 5. The van der Waals surface area contributed by atoms with Gasteiger partial charge in [-0.05, 0) is 31.2 Å². The Morgan fingerprint density at radius 1 is 1.47 bits per heavy atom. The van der Waals surface area contributed by atoms with E-state index in [1.807, 2.05) is 18.0 Å². The lowest BCUT2D eigenvalue weighted by molar-refractivity contribution is 0.253. The van der Waals surface area contributed by atoms with Crippen molar-refractivity contribution in [3.05, 3.63) is 23.8 Å². The topological polar surface area (TPSA) is 66.8 Å². The molecule has 0 aromatic heterocycles. The average Bonchev–Trinajstić information content (AvgIpc) is 2.70. The van der Waals surface area contributed by atoms with Gasteiger partial charge in [0.2, 0.25) is 0 Å². The van der Waals surface area contributed by atoms with E-state index in [1.165, 1.54) is 7.11 Å². The van der Waals surface area contributed by atoms with Crippen LogP contribution in [0.25, 0.3) is 0 Å². The van der Waals surface area contributed by atoms with Crippen molar-refractivity contribution in [1.82, 2.24) is 4.90 Å². The summed E-state index contributed by atoms with van der Waals surface area (Å²) in [6.07, 6.45) is 0.682. The smallest absolute Gasteiger partial charge is 0.160 e. The number of aromatic hydroxyl groups is 1. The molecule has 1 aliphatic rings. The molecule has 1 fully saturated rings. The Morgan fingerprint density at radius 3 is 2.74 bits per heavy atom. The van der Waals surface area contributed by atoms with Crippen molar-refractivity contribution in [1.29, 1.82) is 0 Å². The van der Waals surface area contributed by atoms with Crippen molar-refractivity contribution in [2.45, 2.75) is 19.0 Å². The maximum atomic E-state index is 11.5. The number of benzene rings is 1. The van der Waals surface area contributed by atoms with E-state index < -0.39 is 9.84 Å². The molecule has 0 aliphatic carbocycles. The lowest BCUT2D eigenvalue weighted by Gasteiger charge is -2.23. The largest absolute Gasteiger partial charge is 0.504 e. The van der Waals surface area contributed by atoms with E-state index in [2.05, 4.69) is 0 Å². The molecular formula is C13H19NO4S. The third-order valence-electron chi connectivity index (χ3n) is 3.51. The van der Waals surface area contributed by atoms with Crippen LogP contribution in [0.5, 0.6) is 11.5 Å².